The minimum atomic E-state index is -0.331. The van der Waals surface area contributed by atoms with E-state index in [1.54, 1.807) is 6.26 Å². The average Bonchev–Trinajstić information content (AvgIpc) is 3.39. The number of fused-ring (bicyclic) bond motifs is 3. The van der Waals surface area contributed by atoms with Gasteiger partial charge in [-0.3, -0.25) is 14.9 Å². The Bertz CT molecular complexity index is 1030. The third-order valence-electron chi connectivity index (χ3n) is 5.99. The first-order valence-corrected chi connectivity index (χ1v) is 9.76. The summed E-state index contributed by atoms with van der Waals surface area (Å²) < 4.78 is 8.04. The molecule has 1 N–H and O–H groups in total. The maximum atomic E-state index is 12.4. The minimum absolute atomic E-state index is 0.192. The third kappa shape index (κ3) is 2.84. The standard InChI is InChI=1S/C21H23N3O3/c25-19-6-3-14(21(26)22-19)16-13-27-18-5-4-17-15(20(16)18)7-10-24(17)12-11-23-8-1-2-9-23/h4-5,7,10,13-14H,1-3,6,8-9,11-12H2,(H,22,25,26). The highest BCUT2D eigenvalue weighted by Crippen LogP contribution is 2.37. The largest absolute Gasteiger partial charge is 0.464 e. The number of hydrogen-bond acceptors (Lipinski definition) is 4. The molecule has 140 valence electrons. The summed E-state index contributed by atoms with van der Waals surface area (Å²) in [4.78, 5) is 26.4. The zero-order chi connectivity index (χ0) is 18.4. The second-order valence-electron chi connectivity index (χ2n) is 7.62. The van der Waals surface area contributed by atoms with Gasteiger partial charge in [-0.15, -0.1) is 0 Å². The minimum Gasteiger partial charge on any atom is -0.464 e. The number of aromatic nitrogens is 1. The number of carbonyl (C=O) groups is 2. The molecule has 6 heteroatoms. The van der Waals surface area contributed by atoms with Gasteiger partial charge in [0.05, 0.1) is 12.2 Å². The van der Waals surface area contributed by atoms with Gasteiger partial charge in [0.25, 0.3) is 0 Å². The van der Waals surface area contributed by atoms with Crippen molar-refractivity contribution in [1.82, 2.24) is 14.8 Å². The molecule has 27 heavy (non-hydrogen) atoms. The maximum absolute atomic E-state index is 12.4. The van der Waals surface area contributed by atoms with E-state index in [4.69, 9.17) is 4.42 Å². The molecule has 3 aromatic rings. The Morgan fingerprint density at radius 2 is 1.96 bits per heavy atom. The second kappa shape index (κ2) is 6.53. The molecule has 2 aliphatic rings. The summed E-state index contributed by atoms with van der Waals surface area (Å²) in [5, 5.41) is 4.57. The fourth-order valence-electron chi connectivity index (χ4n) is 4.53. The molecular formula is C21H23N3O3. The SMILES string of the molecule is O=C1CCC(c2coc3ccc4c(ccn4CCN4CCCC4)c23)C(=O)N1. The molecule has 1 unspecified atom stereocenters. The third-order valence-corrected chi connectivity index (χ3v) is 5.99. The van der Waals surface area contributed by atoms with Crippen LogP contribution in [-0.2, 0) is 16.1 Å². The molecule has 6 nitrogen and oxygen atoms in total. The number of benzene rings is 1. The van der Waals surface area contributed by atoms with Crippen molar-refractivity contribution in [3.8, 4) is 0 Å². The van der Waals surface area contributed by atoms with Crippen molar-refractivity contribution < 1.29 is 14.0 Å². The summed E-state index contributed by atoms with van der Waals surface area (Å²) in [7, 11) is 0. The van der Waals surface area contributed by atoms with Gasteiger partial charge in [0, 0.05) is 47.6 Å². The van der Waals surface area contributed by atoms with Gasteiger partial charge in [0.1, 0.15) is 5.58 Å². The number of nitrogens with one attached hydrogen (secondary N) is 1. The molecule has 2 saturated heterocycles. The molecule has 0 aliphatic carbocycles. The van der Waals surface area contributed by atoms with Crippen molar-refractivity contribution in [2.45, 2.75) is 38.1 Å². The van der Waals surface area contributed by atoms with Crippen LogP contribution in [0.25, 0.3) is 21.9 Å². The molecule has 1 atom stereocenters. The van der Waals surface area contributed by atoms with Gasteiger partial charge in [-0.05, 0) is 50.6 Å². The highest BCUT2D eigenvalue weighted by Gasteiger charge is 2.31. The summed E-state index contributed by atoms with van der Waals surface area (Å²) in [6, 6.07) is 6.20. The normalized spacial score (nSPS) is 21.4. The topological polar surface area (TPSA) is 67.5 Å². The van der Waals surface area contributed by atoms with Crippen molar-refractivity contribution in [1.29, 1.82) is 0 Å². The molecule has 2 amide bonds. The Morgan fingerprint density at radius 3 is 2.78 bits per heavy atom. The number of carbonyl (C=O) groups excluding carboxylic acids is 2. The Kier molecular flexibility index (Phi) is 4.01. The molecule has 2 fully saturated rings. The van der Waals surface area contributed by atoms with E-state index >= 15 is 0 Å². The van der Waals surface area contributed by atoms with Crippen LogP contribution in [0.4, 0.5) is 0 Å². The zero-order valence-corrected chi connectivity index (χ0v) is 15.2. The lowest BCUT2D eigenvalue weighted by molar-refractivity contribution is -0.134. The number of imide groups is 1. The summed E-state index contributed by atoms with van der Waals surface area (Å²) >= 11 is 0. The molecule has 0 bridgehead atoms. The van der Waals surface area contributed by atoms with Crippen molar-refractivity contribution in [2.75, 3.05) is 19.6 Å². The molecule has 2 aromatic heterocycles. The average molecular weight is 365 g/mol. The fourth-order valence-corrected chi connectivity index (χ4v) is 4.53. The first kappa shape index (κ1) is 16.6. The Labute approximate surface area is 157 Å². The first-order chi connectivity index (χ1) is 13.2. The van der Waals surface area contributed by atoms with Gasteiger partial charge in [0.15, 0.2) is 0 Å². The number of likely N-dealkylation sites (tertiary alicyclic amines) is 1. The van der Waals surface area contributed by atoms with E-state index in [-0.39, 0.29) is 17.7 Å². The van der Waals surface area contributed by atoms with Crippen LogP contribution < -0.4 is 5.32 Å². The van der Waals surface area contributed by atoms with Crippen molar-refractivity contribution >= 4 is 33.7 Å². The van der Waals surface area contributed by atoms with Crippen LogP contribution in [0.3, 0.4) is 0 Å². The predicted molar refractivity (Wildman–Crippen MR) is 103 cm³/mol. The monoisotopic (exact) mass is 365 g/mol. The van der Waals surface area contributed by atoms with Gasteiger partial charge in [-0.2, -0.15) is 0 Å². The predicted octanol–water partition coefficient (Wildman–Crippen LogP) is 3.00. The number of piperidine rings is 1. The van der Waals surface area contributed by atoms with Gasteiger partial charge in [-0.1, -0.05) is 0 Å². The van der Waals surface area contributed by atoms with Crippen LogP contribution in [0, 0.1) is 0 Å². The number of hydrogen-bond donors (Lipinski definition) is 1. The van der Waals surface area contributed by atoms with E-state index in [9.17, 15) is 9.59 Å². The molecule has 1 aromatic carbocycles. The van der Waals surface area contributed by atoms with Gasteiger partial charge in [0.2, 0.25) is 11.8 Å². The van der Waals surface area contributed by atoms with Gasteiger partial charge < -0.3 is 13.9 Å². The lowest BCUT2D eigenvalue weighted by Crippen LogP contribution is -2.39. The molecule has 0 radical (unpaired) electrons. The lowest BCUT2D eigenvalue weighted by Gasteiger charge is -2.20. The number of nitrogens with zero attached hydrogens (tertiary/aromatic N) is 2. The summed E-state index contributed by atoms with van der Waals surface area (Å²) in [5.41, 5.74) is 2.84. The van der Waals surface area contributed by atoms with E-state index < -0.39 is 0 Å². The van der Waals surface area contributed by atoms with Crippen LogP contribution in [-0.4, -0.2) is 40.9 Å². The zero-order valence-electron chi connectivity index (χ0n) is 15.2. The highest BCUT2D eigenvalue weighted by molar-refractivity contribution is 6.10. The van der Waals surface area contributed by atoms with E-state index in [0.717, 1.165) is 40.5 Å². The van der Waals surface area contributed by atoms with Crippen LogP contribution in [0.5, 0.6) is 0 Å². The summed E-state index contributed by atoms with van der Waals surface area (Å²) in [6.07, 6.45) is 7.32. The van der Waals surface area contributed by atoms with E-state index in [1.807, 2.05) is 6.07 Å². The van der Waals surface area contributed by atoms with Crippen LogP contribution >= 0.6 is 0 Å². The van der Waals surface area contributed by atoms with E-state index in [0.29, 0.717) is 12.8 Å². The molecule has 0 saturated carbocycles. The Balaban J connectivity index is 1.51. The van der Waals surface area contributed by atoms with Crippen molar-refractivity contribution in [2.24, 2.45) is 0 Å². The number of rotatable bonds is 4. The molecule has 5 rings (SSSR count). The highest BCUT2D eigenvalue weighted by atomic mass is 16.3. The molecule has 2 aliphatic heterocycles. The Morgan fingerprint density at radius 1 is 1.11 bits per heavy atom. The first-order valence-electron chi connectivity index (χ1n) is 9.76. The number of furan rings is 1. The van der Waals surface area contributed by atoms with Crippen LogP contribution in [0.2, 0.25) is 0 Å². The number of amides is 2. The van der Waals surface area contributed by atoms with Crippen LogP contribution in [0.1, 0.15) is 37.2 Å². The summed E-state index contributed by atoms with van der Waals surface area (Å²) in [6.45, 7) is 4.42. The van der Waals surface area contributed by atoms with Gasteiger partial charge >= 0.3 is 0 Å². The van der Waals surface area contributed by atoms with Gasteiger partial charge in [-0.25, -0.2) is 0 Å². The van der Waals surface area contributed by atoms with E-state index in [1.165, 1.54) is 25.9 Å². The Hall–Kier alpha value is -2.60. The van der Waals surface area contributed by atoms with Crippen molar-refractivity contribution in [3.63, 3.8) is 0 Å². The smallest absolute Gasteiger partial charge is 0.234 e. The lowest BCUT2D eigenvalue weighted by atomic mass is 9.89. The fraction of sp³-hybridized carbons (Fsp3) is 0.429. The van der Waals surface area contributed by atoms with E-state index in [2.05, 4.69) is 33.1 Å². The van der Waals surface area contributed by atoms with Crippen LogP contribution in [0.15, 0.2) is 35.1 Å². The molecular weight excluding hydrogens is 342 g/mol. The molecule has 0 spiro atoms. The maximum Gasteiger partial charge on any atom is 0.234 e. The quantitative estimate of drug-likeness (QED) is 0.722. The molecule has 4 heterocycles. The second-order valence-corrected chi connectivity index (χ2v) is 7.62. The summed E-state index contributed by atoms with van der Waals surface area (Å²) in [5.74, 6) is -0.746. The van der Waals surface area contributed by atoms with Crippen molar-refractivity contribution in [3.05, 3.63) is 36.2 Å².